The molecule has 0 aliphatic rings. The first-order valence-electron chi connectivity index (χ1n) is 2.96. The quantitative estimate of drug-likeness (QED) is 0.435. The summed E-state index contributed by atoms with van der Waals surface area (Å²) < 4.78 is 4.36. The molecule has 3 heteroatoms. The molecule has 0 saturated heterocycles. The molecule has 0 amide bonds. The highest BCUT2D eigenvalue weighted by molar-refractivity contribution is 5.81. The number of hydrogen-bond acceptors (Lipinski definition) is 3. The van der Waals surface area contributed by atoms with Crippen LogP contribution in [0.25, 0.3) is 0 Å². The summed E-state index contributed by atoms with van der Waals surface area (Å²) in [7, 11) is 0. The van der Waals surface area contributed by atoms with Crippen molar-refractivity contribution in [2.75, 3.05) is 0 Å². The van der Waals surface area contributed by atoms with Gasteiger partial charge in [0.05, 0.1) is 12.7 Å². The highest BCUT2D eigenvalue weighted by Gasteiger charge is 2.01. The van der Waals surface area contributed by atoms with E-state index >= 15 is 0 Å². The standard InChI is InChI=1S/C7H10O3/c1-3-10-7(9)5-4-6(2)8/h3H,1,4-5H2,2H3. The highest BCUT2D eigenvalue weighted by atomic mass is 16.5. The van der Waals surface area contributed by atoms with E-state index in [2.05, 4.69) is 11.3 Å². The largest absolute Gasteiger partial charge is 0.435 e. The number of ketones is 1. The molecule has 56 valence electrons. The lowest BCUT2D eigenvalue weighted by atomic mass is 10.2. The Labute approximate surface area is 59.7 Å². The lowest BCUT2D eigenvalue weighted by Gasteiger charge is -1.94. The molecule has 0 atom stereocenters. The summed E-state index contributed by atoms with van der Waals surface area (Å²) in [5.74, 6) is -0.425. The number of carbonyl (C=O) groups is 2. The third kappa shape index (κ3) is 5.03. The molecule has 3 nitrogen and oxygen atoms in total. The van der Waals surface area contributed by atoms with Crippen molar-refractivity contribution in [3.63, 3.8) is 0 Å². The van der Waals surface area contributed by atoms with E-state index in [1.165, 1.54) is 6.92 Å². The monoisotopic (exact) mass is 142 g/mol. The minimum atomic E-state index is -0.412. The second-order valence-electron chi connectivity index (χ2n) is 1.86. The normalized spacial score (nSPS) is 8.50. The molecule has 0 radical (unpaired) electrons. The van der Waals surface area contributed by atoms with Crippen LogP contribution in [0.4, 0.5) is 0 Å². The molecule has 0 aliphatic heterocycles. The van der Waals surface area contributed by atoms with Crippen molar-refractivity contribution in [2.24, 2.45) is 0 Å². The van der Waals surface area contributed by atoms with Crippen LogP contribution in [0.2, 0.25) is 0 Å². The number of esters is 1. The Morgan fingerprint density at radius 2 is 2.10 bits per heavy atom. The molecule has 0 aromatic rings. The molecule has 0 N–H and O–H groups in total. The van der Waals surface area contributed by atoms with E-state index in [1.807, 2.05) is 0 Å². The fraction of sp³-hybridized carbons (Fsp3) is 0.429. The number of ether oxygens (including phenoxy) is 1. The highest BCUT2D eigenvalue weighted by Crippen LogP contribution is 1.93. The molecule has 0 heterocycles. The summed E-state index contributed by atoms with van der Waals surface area (Å²) in [5, 5.41) is 0. The predicted octanol–water partition coefficient (Wildman–Crippen LogP) is 1.04. The Morgan fingerprint density at radius 3 is 2.50 bits per heavy atom. The summed E-state index contributed by atoms with van der Waals surface area (Å²) in [4.78, 5) is 20.8. The van der Waals surface area contributed by atoms with Crippen molar-refractivity contribution in [1.29, 1.82) is 0 Å². The molecule has 0 aromatic heterocycles. The van der Waals surface area contributed by atoms with Gasteiger partial charge in [-0.05, 0) is 6.92 Å². The number of carbonyl (C=O) groups excluding carboxylic acids is 2. The van der Waals surface area contributed by atoms with Crippen molar-refractivity contribution in [3.8, 4) is 0 Å². The van der Waals surface area contributed by atoms with Gasteiger partial charge in [0, 0.05) is 6.42 Å². The van der Waals surface area contributed by atoms with Crippen LogP contribution in [-0.2, 0) is 14.3 Å². The molecular formula is C7H10O3. The Hall–Kier alpha value is -1.12. The van der Waals surface area contributed by atoms with E-state index in [0.29, 0.717) is 0 Å². The van der Waals surface area contributed by atoms with Crippen LogP contribution >= 0.6 is 0 Å². The number of Topliss-reactive ketones (excluding diaryl/α,β-unsaturated/α-hetero) is 1. The molecule has 0 spiro atoms. The van der Waals surface area contributed by atoms with Crippen molar-refractivity contribution in [1.82, 2.24) is 0 Å². The molecule has 0 aliphatic carbocycles. The molecule has 0 saturated carbocycles. The van der Waals surface area contributed by atoms with E-state index in [0.717, 1.165) is 6.26 Å². The smallest absolute Gasteiger partial charge is 0.311 e. The Bertz CT molecular complexity index is 149. The Morgan fingerprint density at radius 1 is 1.50 bits per heavy atom. The van der Waals surface area contributed by atoms with Gasteiger partial charge in [0.25, 0.3) is 0 Å². The first-order valence-corrected chi connectivity index (χ1v) is 2.96. The van der Waals surface area contributed by atoms with Gasteiger partial charge in [-0.1, -0.05) is 6.58 Å². The van der Waals surface area contributed by atoms with Gasteiger partial charge in [0.2, 0.25) is 0 Å². The van der Waals surface area contributed by atoms with Gasteiger partial charge in [0.1, 0.15) is 5.78 Å². The first kappa shape index (κ1) is 8.88. The second kappa shape index (κ2) is 4.73. The van der Waals surface area contributed by atoms with Crippen molar-refractivity contribution in [3.05, 3.63) is 12.8 Å². The average Bonchev–Trinajstić information content (AvgIpc) is 1.85. The van der Waals surface area contributed by atoms with E-state index in [9.17, 15) is 9.59 Å². The lowest BCUT2D eigenvalue weighted by molar-refractivity contribution is -0.139. The van der Waals surface area contributed by atoms with Crippen molar-refractivity contribution >= 4 is 11.8 Å². The molecule has 0 aromatic carbocycles. The SMILES string of the molecule is C=COC(=O)CCC(C)=O. The molecule has 0 bridgehead atoms. The maximum atomic E-state index is 10.5. The number of rotatable bonds is 4. The zero-order valence-electron chi connectivity index (χ0n) is 5.92. The van der Waals surface area contributed by atoms with Gasteiger partial charge in [-0.25, -0.2) is 0 Å². The van der Waals surface area contributed by atoms with Crippen LogP contribution in [-0.4, -0.2) is 11.8 Å². The fourth-order valence-electron chi connectivity index (χ4n) is 0.430. The average molecular weight is 142 g/mol. The molecule has 0 rings (SSSR count). The van der Waals surface area contributed by atoms with E-state index < -0.39 is 5.97 Å². The maximum Gasteiger partial charge on any atom is 0.311 e. The summed E-state index contributed by atoms with van der Waals surface area (Å²) in [6, 6.07) is 0. The van der Waals surface area contributed by atoms with Crippen LogP contribution in [0.3, 0.4) is 0 Å². The summed E-state index contributed by atoms with van der Waals surface area (Å²) >= 11 is 0. The number of hydrogen-bond donors (Lipinski definition) is 0. The maximum absolute atomic E-state index is 10.5. The summed E-state index contributed by atoms with van der Waals surface area (Å²) in [6.45, 7) is 4.63. The lowest BCUT2D eigenvalue weighted by Crippen LogP contribution is -2.01. The van der Waals surface area contributed by atoms with Crippen LogP contribution in [0.1, 0.15) is 19.8 Å². The molecular weight excluding hydrogens is 132 g/mol. The molecule has 0 unspecified atom stereocenters. The van der Waals surface area contributed by atoms with Crippen LogP contribution in [0.5, 0.6) is 0 Å². The van der Waals surface area contributed by atoms with Crippen LogP contribution in [0, 0.1) is 0 Å². The Kier molecular flexibility index (Phi) is 4.20. The second-order valence-corrected chi connectivity index (χ2v) is 1.86. The third-order valence-corrected chi connectivity index (χ3v) is 0.896. The first-order chi connectivity index (χ1) is 4.66. The predicted molar refractivity (Wildman–Crippen MR) is 36.2 cm³/mol. The minimum Gasteiger partial charge on any atom is -0.435 e. The zero-order chi connectivity index (χ0) is 7.98. The summed E-state index contributed by atoms with van der Waals surface area (Å²) in [5.41, 5.74) is 0. The zero-order valence-corrected chi connectivity index (χ0v) is 5.92. The summed E-state index contributed by atoms with van der Waals surface area (Å²) in [6.07, 6.45) is 1.44. The van der Waals surface area contributed by atoms with E-state index in [-0.39, 0.29) is 18.6 Å². The van der Waals surface area contributed by atoms with Gasteiger partial charge in [-0.2, -0.15) is 0 Å². The van der Waals surface area contributed by atoms with Crippen molar-refractivity contribution in [2.45, 2.75) is 19.8 Å². The fourth-order valence-corrected chi connectivity index (χ4v) is 0.430. The van der Waals surface area contributed by atoms with Crippen LogP contribution in [0.15, 0.2) is 12.8 Å². The van der Waals surface area contributed by atoms with Crippen LogP contribution < -0.4 is 0 Å². The minimum absolute atomic E-state index is 0.0130. The van der Waals surface area contributed by atoms with Gasteiger partial charge in [0.15, 0.2) is 0 Å². The Balaban J connectivity index is 3.39. The van der Waals surface area contributed by atoms with Crippen molar-refractivity contribution < 1.29 is 14.3 Å². The molecule has 0 fully saturated rings. The molecule has 10 heavy (non-hydrogen) atoms. The van der Waals surface area contributed by atoms with E-state index in [4.69, 9.17) is 0 Å². The van der Waals surface area contributed by atoms with E-state index in [1.54, 1.807) is 0 Å². The topological polar surface area (TPSA) is 43.4 Å². The van der Waals surface area contributed by atoms with Gasteiger partial charge < -0.3 is 9.53 Å². The van der Waals surface area contributed by atoms with Gasteiger partial charge >= 0.3 is 5.97 Å². The van der Waals surface area contributed by atoms with Gasteiger partial charge in [-0.15, -0.1) is 0 Å². The van der Waals surface area contributed by atoms with Gasteiger partial charge in [-0.3, -0.25) is 4.79 Å². The third-order valence-electron chi connectivity index (χ3n) is 0.896.